The molecular formula is C15H19N3O. The molecule has 100 valence electrons. The molecule has 0 radical (unpaired) electrons. The molecule has 1 aromatic heterocycles. The number of imidazole rings is 1. The first kappa shape index (κ1) is 13.2. The standard InChI is InChI=1S/C15H19N3O/c1-3-7-16-15-17-8-9-18(15)10-11-19-14-6-4-5-13(2)12-14/h3-6,8-9,12H,1,7,10-11H2,2H3,(H,16,17). The van der Waals surface area contributed by atoms with E-state index in [1.165, 1.54) is 5.56 Å². The Balaban J connectivity index is 1.85. The average molecular weight is 257 g/mol. The lowest BCUT2D eigenvalue weighted by atomic mass is 10.2. The number of aromatic nitrogens is 2. The fourth-order valence-electron chi connectivity index (χ4n) is 1.79. The molecule has 4 heteroatoms. The molecule has 0 aliphatic rings. The fraction of sp³-hybridized carbons (Fsp3) is 0.267. The second-order valence-corrected chi connectivity index (χ2v) is 4.28. The molecule has 19 heavy (non-hydrogen) atoms. The summed E-state index contributed by atoms with van der Waals surface area (Å²) in [6, 6.07) is 8.06. The number of hydrogen-bond donors (Lipinski definition) is 1. The Morgan fingerprint density at radius 2 is 2.37 bits per heavy atom. The van der Waals surface area contributed by atoms with E-state index in [0.717, 1.165) is 18.2 Å². The van der Waals surface area contributed by atoms with Crippen LogP contribution in [-0.4, -0.2) is 22.7 Å². The maximum atomic E-state index is 5.72. The van der Waals surface area contributed by atoms with Gasteiger partial charge in [-0.05, 0) is 24.6 Å². The molecule has 0 amide bonds. The van der Waals surface area contributed by atoms with Gasteiger partial charge in [-0.3, -0.25) is 0 Å². The number of hydrogen-bond acceptors (Lipinski definition) is 3. The Hall–Kier alpha value is -2.23. The van der Waals surface area contributed by atoms with E-state index in [0.29, 0.717) is 13.2 Å². The molecule has 0 aliphatic heterocycles. The highest BCUT2D eigenvalue weighted by molar-refractivity contribution is 5.28. The Morgan fingerprint density at radius 1 is 1.47 bits per heavy atom. The maximum Gasteiger partial charge on any atom is 0.203 e. The minimum absolute atomic E-state index is 0.614. The van der Waals surface area contributed by atoms with Crippen LogP contribution in [0.2, 0.25) is 0 Å². The summed E-state index contributed by atoms with van der Waals surface area (Å²) in [7, 11) is 0. The van der Waals surface area contributed by atoms with Gasteiger partial charge in [0.1, 0.15) is 12.4 Å². The highest BCUT2D eigenvalue weighted by Crippen LogP contribution is 2.12. The number of anilines is 1. The molecule has 0 fully saturated rings. The van der Waals surface area contributed by atoms with Crippen molar-refractivity contribution in [3.05, 3.63) is 54.9 Å². The molecule has 0 unspecified atom stereocenters. The van der Waals surface area contributed by atoms with Gasteiger partial charge in [-0.2, -0.15) is 0 Å². The molecule has 1 aromatic carbocycles. The van der Waals surface area contributed by atoms with E-state index in [-0.39, 0.29) is 0 Å². The van der Waals surface area contributed by atoms with Crippen molar-refractivity contribution in [2.45, 2.75) is 13.5 Å². The monoisotopic (exact) mass is 257 g/mol. The number of benzene rings is 1. The van der Waals surface area contributed by atoms with Crippen LogP contribution in [0.3, 0.4) is 0 Å². The third kappa shape index (κ3) is 3.88. The summed E-state index contributed by atoms with van der Waals surface area (Å²) in [5.74, 6) is 1.74. The van der Waals surface area contributed by atoms with Gasteiger partial charge >= 0.3 is 0 Å². The van der Waals surface area contributed by atoms with E-state index in [4.69, 9.17) is 4.74 Å². The largest absolute Gasteiger partial charge is 0.492 e. The Morgan fingerprint density at radius 3 is 3.16 bits per heavy atom. The summed E-state index contributed by atoms with van der Waals surface area (Å²) in [6.07, 6.45) is 5.52. The van der Waals surface area contributed by atoms with Crippen molar-refractivity contribution in [3.8, 4) is 5.75 Å². The third-order valence-corrected chi connectivity index (χ3v) is 2.71. The van der Waals surface area contributed by atoms with Gasteiger partial charge in [-0.1, -0.05) is 18.2 Å². The number of rotatable bonds is 7. The van der Waals surface area contributed by atoms with Gasteiger partial charge in [0.2, 0.25) is 5.95 Å². The van der Waals surface area contributed by atoms with E-state index in [9.17, 15) is 0 Å². The van der Waals surface area contributed by atoms with E-state index in [1.54, 1.807) is 6.20 Å². The van der Waals surface area contributed by atoms with Crippen molar-refractivity contribution in [1.82, 2.24) is 9.55 Å². The van der Waals surface area contributed by atoms with Gasteiger partial charge in [0.15, 0.2) is 0 Å². The molecule has 0 saturated heterocycles. The highest BCUT2D eigenvalue weighted by atomic mass is 16.5. The molecule has 0 aliphatic carbocycles. The van der Waals surface area contributed by atoms with Gasteiger partial charge in [-0.15, -0.1) is 6.58 Å². The first-order valence-corrected chi connectivity index (χ1v) is 6.35. The molecule has 1 heterocycles. The average Bonchev–Trinajstić information content (AvgIpc) is 2.84. The van der Waals surface area contributed by atoms with Crippen LogP contribution in [0.25, 0.3) is 0 Å². The van der Waals surface area contributed by atoms with Crippen molar-refractivity contribution in [3.63, 3.8) is 0 Å². The summed E-state index contributed by atoms with van der Waals surface area (Å²) in [6.45, 7) is 7.81. The van der Waals surface area contributed by atoms with Crippen LogP contribution in [0.4, 0.5) is 5.95 Å². The first-order chi connectivity index (χ1) is 9.29. The van der Waals surface area contributed by atoms with E-state index >= 15 is 0 Å². The lowest BCUT2D eigenvalue weighted by Crippen LogP contribution is -2.12. The topological polar surface area (TPSA) is 39.1 Å². The quantitative estimate of drug-likeness (QED) is 0.775. The second kappa shape index (κ2) is 6.64. The van der Waals surface area contributed by atoms with Crippen molar-refractivity contribution >= 4 is 5.95 Å². The zero-order valence-electron chi connectivity index (χ0n) is 11.2. The van der Waals surface area contributed by atoms with Crippen LogP contribution < -0.4 is 10.1 Å². The predicted octanol–water partition coefficient (Wildman–Crippen LogP) is 2.87. The molecule has 2 rings (SSSR count). The van der Waals surface area contributed by atoms with E-state index < -0.39 is 0 Å². The molecule has 2 aromatic rings. The minimum Gasteiger partial charge on any atom is -0.492 e. The molecule has 0 saturated carbocycles. The maximum absolute atomic E-state index is 5.72. The van der Waals surface area contributed by atoms with Crippen LogP contribution in [0.15, 0.2) is 49.3 Å². The Kier molecular flexibility index (Phi) is 4.61. The van der Waals surface area contributed by atoms with Gasteiger partial charge in [0.05, 0.1) is 6.54 Å². The van der Waals surface area contributed by atoms with Crippen LogP contribution in [0.5, 0.6) is 5.75 Å². The van der Waals surface area contributed by atoms with Gasteiger partial charge in [0.25, 0.3) is 0 Å². The number of nitrogens with one attached hydrogen (secondary N) is 1. The smallest absolute Gasteiger partial charge is 0.203 e. The molecule has 0 spiro atoms. The summed E-state index contributed by atoms with van der Waals surface area (Å²) >= 11 is 0. The summed E-state index contributed by atoms with van der Waals surface area (Å²) in [5, 5.41) is 3.18. The lowest BCUT2D eigenvalue weighted by Gasteiger charge is -2.10. The molecule has 1 N–H and O–H groups in total. The van der Waals surface area contributed by atoms with Crippen molar-refractivity contribution in [1.29, 1.82) is 0 Å². The van der Waals surface area contributed by atoms with Crippen LogP contribution in [0.1, 0.15) is 5.56 Å². The lowest BCUT2D eigenvalue weighted by molar-refractivity contribution is 0.299. The summed E-state index contributed by atoms with van der Waals surface area (Å²) < 4.78 is 7.75. The van der Waals surface area contributed by atoms with Crippen LogP contribution in [0, 0.1) is 6.92 Å². The first-order valence-electron chi connectivity index (χ1n) is 6.35. The number of aryl methyl sites for hydroxylation is 1. The van der Waals surface area contributed by atoms with E-state index in [2.05, 4.69) is 29.9 Å². The number of ether oxygens (including phenoxy) is 1. The minimum atomic E-state index is 0.614. The summed E-state index contributed by atoms with van der Waals surface area (Å²) in [4.78, 5) is 4.24. The highest BCUT2D eigenvalue weighted by Gasteiger charge is 2.01. The Bertz CT molecular complexity index is 534. The van der Waals surface area contributed by atoms with Gasteiger partial charge < -0.3 is 14.6 Å². The zero-order chi connectivity index (χ0) is 13.5. The van der Waals surface area contributed by atoms with Crippen LogP contribution >= 0.6 is 0 Å². The SMILES string of the molecule is C=CCNc1nccn1CCOc1cccc(C)c1. The predicted molar refractivity (Wildman–Crippen MR) is 77.6 cm³/mol. The molecule has 4 nitrogen and oxygen atoms in total. The Labute approximate surface area is 113 Å². The van der Waals surface area contributed by atoms with Crippen molar-refractivity contribution in [2.24, 2.45) is 0 Å². The molecule has 0 bridgehead atoms. The molecule has 0 atom stereocenters. The molecular weight excluding hydrogens is 238 g/mol. The van der Waals surface area contributed by atoms with Gasteiger partial charge in [0, 0.05) is 18.9 Å². The van der Waals surface area contributed by atoms with Crippen LogP contribution in [-0.2, 0) is 6.54 Å². The zero-order valence-corrected chi connectivity index (χ0v) is 11.2. The normalized spacial score (nSPS) is 10.2. The van der Waals surface area contributed by atoms with E-state index in [1.807, 2.05) is 35.0 Å². The van der Waals surface area contributed by atoms with Gasteiger partial charge in [-0.25, -0.2) is 4.98 Å². The van der Waals surface area contributed by atoms with Crippen molar-refractivity contribution < 1.29 is 4.74 Å². The second-order valence-electron chi connectivity index (χ2n) is 4.28. The fourth-order valence-corrected chi connectivity index (χ4v) is 1.79. The number of nitrogens with zero attached hydrogens (tertiary/aromatic N) is 2. The third-order valence-electron chi connectivity index (χ3n) is 2.71. The van der Waals surface area contributed by atoms with Crippen molar-refractivity contribution in [2.75, 3.05) is 18.5 Å². The summed E-state index contributed by atoms with van der Waals surface area (Å²) in [5.41, 5.74) is 1.20.